The van der Waals surface area contributed by atoms with Gasteiger partial charge in [-0.1, -0.05) is 11.3 Å². The number of amides is 2. The number of rotatable bonds is 9. The molecule has 10 nitrogen and oxygen atoms in total. The van der Waals surface area contributed by atoms with Crippen molar-refractivity contribution >= 4 is 17.6 Å². The highest BCUT2D eigenvalue weighted by Gasteiger charge is 2.13. The molecule has 0 spiro atoms. The molecule has 0 bridgehead atoms. The molecule has 0 aliphatic heterocycles. The van der Waals surface area contributed by atoms with Crippen LogP contribution >= 0.6 is 0 Å². The molecule has 156 valence electrons. The van der Waals surface area contributed by atoms with Gasteiger partial charge >= 0.3 is 0 Å². The Bertz CT molecular complexity index is 978. The zero-order valence-electron chi connectivity index (χ0n) is 16.3. The Hall–Kier alpha value is -3.76. The predicted octanol–water partition coefficient (Wildman–Crippen LogP) is 0.975. The van der Waals surface area contributed by atoms with Gasteiger partial charge in [0.05, 0.1) is 24.9 Å². The lowest BCUT2D eigenvalue weighted by Crippen LogP contribution is -2.18. The molecule has 0 fully saturated rings. The van der Waals surface area contributed by atoms with Crippen molar-refractivity contribution in [1.29, 1.82) is 0 Å². The van der Waals surface area contributed by atoms with Crippen LogP contribution in [0.3, 0.4) is 0 Å². The van der Waals surface area contributed by atoms with Crippen LogP contribution in [0.4, 0.5) is 10.2 Å². The first-order valence-electron chi connectivity index (χ1n) is 9.32. The molecule has 0 saturated carbocycles. The van der Waals surface area contributed by atoms with Crippen LogP contribution in [-0.2, 0) is 24.2 Å². The minimum absolute atomic E-state index is 0.0148. The minimum Gasteiger partial charge on any atom is -0.354 e. The average molecular weight is 412 g/mol. The Morgan fingerprint density at radius 2 is 2.00 bits per heavy atom. The molecule has 2 N–H and O–H groups in total. The number of anilines is 1. The van der Waals surface area contributed by atoms with Crippen LogP contribution in [0.15, 0.2) is 42.7 Å². The molecule has 0 aromatic carbocycles. The molecule has 1 atom stereocenters. The largest absolute Gasteiger partial charge is 0.354 e. The van der Waals surface area contributed by atoms with Gasteiger partial charge in [0, 0.05) is 18.9 Å². The van der Waals surface area contributed by atoms with Gasteiger partial charge in [-0.05, 0) is 37.1 Å². The van der Waals surface area contributed by atoms with Crippen LogP contribution in [0.1, 0.15) is 28.3 Å². The highest BCUT2D eigenvalue weighted by Crippen LogP contribution is 2.10. The van der Waals surface area contributed by atoms with Crippen molar-refractivity contribution in [2.75, 3.05) is 12.4 Å². The zero-order valence-corrected chi connectivity index (χ0v) is 16.3. The molecule has 0 aliphatic rings. The molecule has 0 aliphatic carbocycles. The molecule has 3 rings (SSSR count). The van der Waals surface area contributed by atoms with Crippen molar-refractivity contribution in [2.45, 2.75) is 32.0 Å². The van der Waals surface area contributed by atoms with Gasteiger partial charge in [0.2, 0.25) is 5.91 Å². The molecule has 1 unspecified atom stereocenters. The fourth-order valence-electron chi connectivity index (χ4n) is 2.63. The lowest BCUT2D eigenvalue weighted by atomic mass is 10.1. The van der Waals surface area contributed by atoms with Gasteiger partial charge < -0.3 is 10.6 Å². The van der Waals surface area contributed by atoms with Gasteiger partial charge in [-0.15, -0.1) is 10.2 Å². The minimum atomic E-state index is -1.19. The van der Waals surface area contributed by atoms with Gasteiger partial charge in [-0.3, -0.25) is 14.6 Å². The first-order valence-corrected chi connectivity index (χ1v) is 9.32. The molecule has 0 radical (unpaired) electrons. The fraction of sp³-hybridized carbons (Fsp3) is 0.316. The van der Waals surface area contributed by atoms with Crippen molar-refractivity contribution in [3.63, 3.8) is 0 Å². The van der Waals surface area contributed by atoms with E-state index in [0.29, 0.717) is 23.6 Å². The van der Waals surface area contributed by atoms with E-state index in [4.69, 9.17) is 0 Å². The number of nitrogens with one attached hydrogen (secondary N) is 2. The van der Waals surface area contributed by atoms with Crippen molar-refractivity contribution in [1.82, 2.24) is 35.5 Å². The maximum absolute atomic E-state index is 14.2. The summed E-state index contributed by atoms with van der Waals surface area (Å²) in [7, 11) is 1.48. The van der Waals surface area contributed by atoms with Crippen molar-refractivity contribution < 1.29 is 14.0 Å². The molecular formula is C19H21FN8O2. The van der Waals surface area contributed by atoms with E-state index in [9.17, 15) is 14.0 Å². The summed E-state index contributed by atoms with van der Waals surface area (Å²) in [5, 5.41) is 20.5. The Morgan fingerprint density at radius 1 is 1.13 bits per heavy atom. The van der Waals surface area contributed by atoms with Gasteiger partial charge in [-0.2, -0.15) is 5.10 Å². The van der Waals surface area contributed by atoms with E-state index in [1.165, 1.54) is 17.9 Å². The molecule has 0 saturated heterocycles. The van der Waals surface area contributed by atoms with Crippen molar-refractivity contribution in [3.05, 3.63) is 59.8 Å². The van der Waals surface area contributed by atoms with Gasteiger partial charge in [-0.25, -0.2) is 9.07 Å². The van der Waals surface area contributed by atoms with Gasteiger partial charge in [0.25, 0.3) is 5.91 Å². The first-order chi connectivity index (χ1) is 14.5. The third-order valence-electron chi connectivity index (χ3n) is 4.15. The standard InChI is InChI=1S/C19H21FN8O2/c1-21-19(30)16-12-28(27-25-16)11-13(20)5-6-14-7-8-17(26-24-14)23-18(29)10-15-4-2-3-9-22-15/h2-4,7-9,12-13H,5-6,10-11H2,1H3,(H,21,30)(H,23,26,29). The van der Waals surface area contributed by atoms with Crippen LogP contribution < -0.4 is 10.6 Å². The van der Waals surface area contributed by atoms with Crippen LogP contribution in [0, 0.1) is 0 Å². The number of pyridine rings is 1. The van der Waals surface area contributed by atoms with Crippen LogP contribution in [0.25, 0.3) is 0 Å². The lowest BCUT2D eigenvalue weighted by molar-refractivity contribution is -0.115. The first kappa shape index (κ1) is 21.0. The molecule has 3 aromatic heterocycles. The molecule has 3 aromatic rings. The van der Waals surface area contributed by atoms with E-state index in [1.807, 2.05) is 6.07 Å². The number of halogens is 1. The molecular weight excluding hydrogens is 391 g/mol. The topological polar surface area (TPSA) is 128 Å². The second kappa shape index (κ2) is 10.1. The number of hydrogen-bond acceptors (Lipinski definition) is 7. The Morgan fingerprint density at radius 3 is 2.70 bits per heavy atom. The number of aromatic nitrogens is 6. The van der Waals surface area contributed by atoms with E-state index >= 15 is 0 Å². The fourth-order valence-corrected chi connectivity index (χ4v) is 2.63. The summed E-state index contributed by atoms with van der Waals surface area (Å²) in [6.07, 6.45) is 2.54. The zero-order chi connectivity index (χ0) is 21.3. The molecule has 3 heterocycles. The monoisotopic (exact) mass is 412 g/mol. The highest BCUT2D eigenvalue weighted by molar-refractivity contribution is 5.91. The number of hydrogen-bond donors (Lipinski definition) is 2. The second-order valence-corrected chi connectivity index (χ2v) is 6.50. The maximum Gasteiger partial charge on any atom is 0.273 e. The number of carbonyl (C=O) groups is 2. The lowest BCUT2D eigenvalue weighted by Gasteiger charge is -2.08. The van der Waals surface area contributed by atoms with E-state index in [-0.39, 0.29) is 36.9 Å². The quantitative estimate of drug-likeness (QED) is 0.536. The van der Waals surface area contributed by atoms with E-state index in [2.05, 4.69) is 36.1 Å². The third-order valence-corrected chi connectivity index (χ3v) is 4.15. The number of alkyl halides is 1. The summed E-state index contributed by atoms with van der Waals surface area (Å²) < 4.78 is 15.5. The van der Waals surface area contributed by atoms with E-state index in [0.717, 1.165) is 0 Å². The summed E-state index contributed by atoms with van der Waals surface area (Å²) in [6, 6.07) is 8.67. The van der Waals surface area contributed by atoms with Gasteiger partial charge in [0.1, 0.15) is 6.17 Å². The third kappa shape index (κ3) is 6.12. The van der Waals surface area contributed by atoms with Crippen LogP contribution in [-0.4, -0.2) is 55.2 Å². The predicted molar refractivity (Wildman–Crippen MR) is 105 cm³/mol. The van der Waals surface area contributed by atoms with Crippen LogP contribution in [0.5, 0.6) is 0 Å². The average Bonchev–Trinajstić information content (AvgIpc) is 3.21. The van der Waals surface area contributed by atoms with Crippen molar-refractivity contribution in [2.24, 2.45) is 0 Å². The van der Waals surface area contributed by atoms with Crippen molar-refractivity contribution in [3.8, 4) is 0 Å². The summed E-state index contributed by atoms with van der Waals surface area (Å²) in [4.78, 5) is 27.6. The summed E-state index contributed by atoms with van der Waals surface area (Å²) >= 11 is 0. The second-order valence-electron chi connectivity index (χ2n) is 6.50. The maximum atomic E-state index is 14.2. The molecule has 30 heavy (non-hydrogen) atoms. The number of carbonyl (C=O) groups excluding carboxylic acids is 2. The smallest absolute Gasteiger partial charge is 0.273 e. The number of nitrogens with zero attached hydrogens (tertiary/aromatic N) is 6. The van der Waals surface area contributed by atoms with Crippen LogP contribution in [0.2, 0.25) is 0 Å². The Kier molecular flexibility index (Phi) is 7.09. The summed E-state index contributed by atoms with van der Waals surface area (Å²) in [5.41, 5.74) is 1.39. The molecule has 2 amide bonds. The SMILES string of the molecule is CNC(=O)c1cn(CC(F)CCc2ccc(NC(=O)Cc3ccccn3)nn2)nn1. The Labute approximate surface area is 171 Å². The normalized spacial score (nSPS) is 11.7. The van der Waals surface area contributed by atoms with E-state index < -0.39 is 6.17 Å². The molecule has 11 heteroatoms. The number of aryl methyl sites for hydroxylation is 1. The summed E-state index contributed by atoms with van der Waals surface area (Å²) in [5.74, 6) is -0.302. The highest BCUT2D eigenvalue weighted by atomic mass is 19.1. The van der Waals surface area contributed by atoms with E-state index in [1.54, 1.807) is 30.5 Å². The summed E-state index contributed by atoms with van der Waals surface area (Å²) in [6.45, 7) is -0.0148. The van der Waals surface area contributed by atoms with Gasteiger partial charge in [0.15, 0.2) is 11.5 Å². The Balaban J connectivity index is 1.44.